The molecule has 1 atom stereocenters. The van der Waals surface area contributed by atoms with E-state index in [1.54, 1.807) is 0 Å². The van der Waals surface area contributed by atoms with Crippen molar-refractivity contribution in [2.45, 2.75) is 77.7 Å². The molecule has 3 rings (SSSR count). The minimum absolute atomic E-state index is 0.105. The maximum absolute atomic E-state index is 13.1. The number of carbonyl (C=O) groups is 1. The lowest BCUT2D eigenvalue weighted by molar-refractivity contribution is -0.150. The fraction of sp³-hybridized carbons (Fsp3) is 0.941. The Morgan fingerprint density at radius 3 is 2.15 bits per heavy atom. The van der Waals surface area contributed by atoms with E-state index in [2.05, 4.69) is 18.7 Å². The molecule has 3 saturated carbocycles. The van der Waals surface area contributed by atoms with Gasteiger partial charge < -0.3 is 10.6 Å². The number of hydrogen-bond donors (Lipinski definition) is 1. The van der Waals surface area contributed by atoms with Crippen molar-refractivity contribution in [3.05, 3.63) is 0 Å². The fourth-order valence-electron chi connectivity index (χ4n) is 4.08. The standard InChI is InChI=1S/C17H32N2O/c1-3-5-11-19(12-6-4-2)16(20)17-9-7-14(8-10-17)13-15(17)18/h14-15H,3-13,18H2,1-2H3. The second-order valence-corrected chi connectivity index (χ2v) is 6.94. The number of amides is 1. The van der Waals surface area contributed by atoms with Crippen LogP contribution in [0.25, 0.3) is 0 Å². The number of nitrogens with two attached hydrogens (primary N) is 1. The zero-order valence-electron chi connectivity index (χ0n) is 13.4. The summed E-state index contributed by atoms with van der Waals surface area (Å²) in [7, 11) is 0. The van der Waals surface area contributed by atoms with E-state index in [-0.39, 0.29) is 11.5 Å². The molecule has 1 unspecified atom stereocenters. The Bertz CT molecular complexity index is 313. The molecule has 0 aromatic rings. The minimum Gasteiger partial charge on any atom is -0.342 e. The molecular formula is C17H32N2O. The molecule has 0 heterocycles. The van der Waals surface area contributed by atoms with Gasteiger partial charge in [-0.2, -0.15) is 0 Å². The van der Waals surface area contributed by atoms with Crippen LogP contribution in [-0.2, 0) is 4.79 Å². The number of carbonyl (C=O) groups excluding carboxylic acids is 1. The van der Waals surface area contributed by atoms with Crippen LogP contribution in [0.15, 0.2) is 0 Å². The lowest BCUT2D eigenvalue weighted by Crippen LogP contribution is -2.59. The van der Waals surface area contributed by atoms with E-state index in [0.29, 0.717) is 5.91 Å². The second kappa shape index (κ2) is 6.93. The van der Waals surface area contributed by atoms with E-state index < -0.39 is 0 Å². The van der Waals surface area contributed by atoms with E-state index >= 15 is 0 Å². The molecule has 0 saturated heterocycles. The van der Waals surface area contributed by atoms with Crippen molar-refractivity contribution >= 4 is 5.91 Å². The summed E-state index contributed by atoms with van der Waals surface area (Å²) in [5, 5.41) is 0. The van der Waals surface area contributed by atoms with Crippen molar-refractivity contribution in [1.82, 2.24) is 4.90 Å². The first-order valence-electron chi connectivity index (χ1n) is 8.69. The van der Waals surface area contributed by atoms with Gasteiger partial charge in [0.15, 0.2) is 0 Å². The van der Waals surface area contributed by atoms with Gasteiger partial charge in [-0.05, 0) is 50.9 Å². The number of nitrogens with zero attached hydrogens (tertiary/aromatic N) is 1. The van der Waals surface area contributed by atoms with Gasteiger partial charge in [-0.15, -0.1) is 0 Å². The molecule has 3 nitrogen and oxygen atoms in total. The summed E-state index contributed by atoms with van der Waals surface area (Å²) in [6.07, 6.45) is 10.1. The highest BCUT2D eigenvalue weighted by Crippen LogP contribution is 2.50. The Kier molecular flexibility index (Phi) is 5.48. The molecule has 3 aliphatic carbocycles. The molecule has 3 aliphatic rings. The number of unbranched alkanes of at least 4 members (excludes halogenated alkanes) is 2. The Morgan fingerprint density at radius 2 is 1.70 bits per heavy atom. The number of hydrogen-bond acceptors (Lipinski definition) is 2. The van der Waals surface area contributed by atoms with E-state index in [9.17, 15) is 4.79 Å². The summed E-state index contributed by atoms with van der Waals surface area (Å²) in [5.41, 5.74) is 6.19. The summed E-state index contributed by atoms with van der Waals surface area (Å²) in [5.74, 6) is 1.17. The van der Waals surface area contributed by atoms with Gasteiger partial charge in [-0.1, -0.05) is 26.7 Å². The van der Waals surface area contributed by atoms with E-state index in [4.69, 9.17) is 5.73 Å². The normalized spacial score (nSPS) is 32.4. The van der Waals surface area contributed by atoms with Crippen LogP contribution in [0.1, 0.15) is 71.6 Å². The average Bonchev–Trinajstić information content (AvgIpc) is 2.48. The molecule has 0 spiro atoms. The monoisotopic (exact) mass is 280 g/mol. The Balaban J connectivity index is 2.07. The SMILES string of the molecule is CCCCN(CCCC)C(=O)C12CCC(CC1)CC2N. The quantitative estimate of drug-likeness (QED) is 0.777. The second-order valence-electron chi connectivity index (χ2n) is 6.94. The van der Waals surface area contributed by atoms with Crippen LogP contribution in [0.2, 0.25) is 0 Å². The third kappa shape index (κ3) is 3.03. The first-order chi connectivity index (χ1) is 9.64. The lowest BCUT2D eigenvalue weighted by atomic mass is 9.57. The van der Waals surface area contributed by atoms with Gasteiger partial charge in [0.2, 0.25) is 5.91 Å². The summed E-state index contributed by atoms with van der Waals surface area (Å²) in [6, 6.07) is 0.105. The Labute approximate surface area is 124 Å². The van der Waals surface area contributed by atoms with Crippen LogP contribution in [0.5, 0.6) is 0 Å². The first kappa shape index (κ1) is 15.8. The number of fused-ring (bicyclic) bond motifs is 3. The highest BCUT2D eigenvalue weighted by atomic mass is 16.2. The van der Waals surface area contributed by atoms with Gasteiger partial charge in [0, 0.05) is 19.1 Å². The largest absolute Gasteiger partial charge is 0.342 e. The zero-order chi connectivity index (χ0) is 14.6. The summed E-state index contributed by atoms with van der Waals surface area (Å²) in [4.78, 5) is 15.3. The fourth-order valence-corrected chi connectivity index (χ4v) is 4.08. The summed E-state index contributed by atoms with van der Waals surface area (Å²) >= 11 is 0. The minimum atomic E-state index is -0.212. The molecule has 2 N–H and O–H groups in total. The van der Waals surface area contributed by atoms with Crippen LogP contribution in [0, 0.1) is 11.3 Å². The van der Waals surface area contributed by atoms with E-state index in [1.165, 1.54) is 12.8 Å². The molecule has 0 aromatic carbocycles. The smallest absolute Gasteiger partial charge is 0.230 e. The molecule has 2 bridgehead atoms. The molecular weight excluding hydrogens is 248 g/mol. The average molecular weight is 280 g/mol. The zero-order valence-corrected chi connectivity index (χ0v) is 13.4. The summed E-state index contributed by atoms with van der Waals surface area (Å²) < 4.78 is 0. The van der Waals surface area contributed by atoms with E-state index in [0.717, 1.165) is 64.0 Å². The van der Waals surface area contributed by atoms with Crippen molar-refractivity contribution in [3.63, 3.8) is 0 Å². The van der Waals surface area contributed by atoms with Gasteiger partial charge in [0.25, 0.3) is 0 Å². The molecule has 20 heavy (non-hydrogen) atoms. The van der Waals surface area contributed by atoms with Crippen LogP contribution < -0.4 is 5.73 Å². The maximum Gasteiger partial charge on any atom is 0.230 e. The molecule has 0 aliphatic heterocycles. The van der Waals surface area contributed by atoms with Crippen LogP contribution in [0.4, 0.5) is 0 Å². The van der Waals surface area contributed by atoms with Crippen LogP contribution in [-0.4, -0.2) is 29.9 Å². The Morgan fingerprint density at radius 1 is 1.15 bits per heavy atom. The number of rotatable bonds is 7. The van der Waals surface area contributed by atoms with Gasteiger partial charge in [-0.25, -0.2) is 0 Å². The maximum atomic E-state index is 13.1. The topological polar surface area (TPSA) is 46.3 Å². The van der Waals surface area contributed by atoms with Crippen molar-refractivity contribution in [1.29, 1.82) is 0 Å². The third-order valence-electron chi connectivity index (χ3n) is 5.57. The molecule has 116 valence electrons. The van der Waals surface area contributed by atoms with Crippen molar-refractivity contribution in [3.8, 4) is 0 Å². The predicted octanol–water partition coefficient (Wildman–Crippen LogP) is 3.32. The summed E-state index contributed by atoms with van der Waals surface area (Å²) in [6.45, 7) is 6.23. The van der Waals surface area contributed by atoms with Gasteiger partial charge >= 0.3 is 0 Å². The third-order valence-corrected chi connectivity index (χ3v) is 5.57. The van der Waals surface area contributed by atoms with Crippen molar-refractivity contribution in [2.75, 3.05) is 13.1 Å². The van der Waals surface area contributed by atoms with Crippen LogP contribution in [0.3, 0.4) is 0 Å². The molecule has 1 amide bonds. The van der Waals surface area contributed by atoms with Gasteiger partial charge in [0.1, 0.15) is 0 Å². The Hall–Kier alpha value is -0.570. The van der Waals surface area contributed by atoms with Crippen molar-refractivity contribution in [2.24, 2.45) is 17.1 Å². The highest BCUT2D eigenvalue weighted by molar-refractivity contribution is 5.84. The molecule has 3 heteroatoms. The molecule has 0 radical (unpaired) electrons. The molecule has 3 fully saturated rings. The highest BCUT2D eigenvalue weighted by Gasteiger charge is 2.52. The van der Waals surface area contributed by atoms with E-state index in [1.807, 2.05) is 0 Å². The van der Waals surface area contributed by atoms with Gasteiger partial charge in [-0.3, -0.25) is 4.79 Å². The van der Waals surface area contributed by atoms with Crippen molar-refractivity contribution < 1.29 is 4.79 Å². The first-order valence-corrected chi connectivity index (χ1v) is 8.69. The lowest BCUT2D eigenvalue weighted by Gasteiger charge is -2.51. The van der Waals surface area contributed by atoms with Crippen LogP contribution >= 0.6 is 0 Å². The van der Waals surface area contributed by atoms with Gasteiger partial charge in [0.05, 0.1) is 5.41 Å². The molecule has 0 aromatic heterocycles. The predicted molar refractivity (Wildman–Crippen MR) is 83.4 cm³/mol.